The van der Waals surface area contributed by atoms with Gasteiger partial charge in [0.15, 0.2) is 5.82 Å². The first-order valence-corrected chi connectivity index (χ1v) is 6.72. The van der Waals surface area contributed by atoms with Crippen molar-refractivity contribution in [3.8, 4) is 0 Å². The van der Waals surface area contributed by atoms with Gasteiger partial charge in [-0.05, 0) is 32.4 Å². The number of ether oxygens (including phenoxy) is 1. The second-order valence-corrected chi connectivity index (χ2v) is 5.17. The molecule has 3 heterocycles. The van der Waals surface area contributed by atoms with Crippen LogP contribution in [0.15, 0.2) is 4.52 Å². The van der Waals surface area contributed by atoms with Crippen molar-refractivity contribution in [1.29, 1.82) is 0 Å². The topological polar surface area (TPSA) is 77.4 Å². The molecule has 1 aromatic rings. The van der Waals surface area contributed by atoms with Crippen LogP contribution in [0, 0.1) is 0 Å². The first-order chi connectivity index (χ1) is 8.83. The fourth-order valence-electron chi connectivity index (χ4n) is 2.62. The minimum atomic E-state index is -0.150. The predicted octanol–water partition coefficient (Wildman–Crippen LogP) is 0.669. The number of hydrogen-bond donors (Lipinski definition) is 1. The van der Waals surface area contributed by atoms with Crippen molar-refractivity contribution in [3.05, 3.63) is 11.7 Å². The van der Waals surface area contributed by atoms with Crippen LogP contribution in [0.1, 0.15) is 42.9 Å². The Morgan fingerprint density at radius 3 is 2.94 bits per heavy atom. The number of likely N-dealkylation sites (tertiary alicyclic amines) is 1. The fraction of sp³-hybridized carbons (Fsp3) is 0.833. The third-order valence-electron chi connectivity index (χ3n) is 3.72. The lowest BCUT2D eigenvalue weighted by atomic mass is 10.1. The van der Waals surface area contributed by atoms with Gasteiger partial charge < -0.3 is 19.9 Å². The first kappa shape index (κ1) is 12.1. The molecule has 2 fully saturated rings. The van der Waals surface area contributed by atoms with Gasteiger partial charge in [-0.25, -0.2) is 0 Å². The minimum absolute atomic E-state index is 0.150. The van der Waals surface area contributed by atoms with Gasteiger partial charge in [0.05, 0.1) is 18.6 Å². The van der Waals surface area contributed by atoms with E-state index >= 15 is 0 Å². The Labute approximate surface area is 106 Å². The van der Waals surface area contributed by atoms with Crippen molar-refractivity contribution in [2.45, 2.75) is 31.2 Å². The summed E-state index contributed by atoms with van der Waals surface area (Å²) in [7, 11) is 0. The van der Waals surface area contributed by atoms with Crippen LogP contribution in [-0.4, -0.2) is 47.9 Å². The van der Waals surface area contributed by atoms with Gasteiger partial charge in [0.25, 0.3) is 0 Å². The Kier molecular flexibility index (Phi) is 3.58. The SMILES string of the molecule is NC(CN1CCCC1)c1noc(C2CCOC2)n1. The molecule has 0 saturated carbocycles. The Morgan fingerprint density at radius 1 is 1.39 bits per heavy atom. The van der Waals surface area contributed by atoms with E-state index < -0.39 is 0 Å². The average Bonchev–Trinajstić information content (AvgIpc) is 3.11. The maximum Gasteiger partial charge on any atom is 0.232 e. The number of hydrogen-bond acceptors (Lipinski definition) is 6. The van der Waals surface area contributed by atoms with Crippen LogP contribution >= 0.6 is 0 Å². The lowest BCUT2D eigenvalue weighted by molar-refractivity contribution is 0.189. The highest BCUT2D eigenvalue weighted by atomic mass is 16.5. The molecule has 0 aliphatic carbocycles. The molecular formula is C12H20N4O2. The van der Waals surface area contributed by atoms with Crippen molar-refractivity contribution in [1.82, 2.24) is 15.0 Å². The first-order valence-electron chi connectivity index (χ1n) is 6.72. The molecule has 2 aliphatic heterocycles. The molecule has 0 spiro atoms. The summed E-state index contributed by atoms with van der Waals surface area (Å²) >= 11 is 0. The fourth-order valence-corrected chi connectivity index (χ4v) is 2.62. The Morgan fingerprint density at radius 2 is 2.22 bits per heavy atom. The lowest BCUT2D eigenvalue weighted by Crippen LogP contribution is -2.30. The zero-order chi connectivity index (χ0) is 12.4. The second kappa shape index (κ2) is 5.34. The van der Waals surface area contributed by atoms with Crippen molar-refractivity contribution >= 4 is 0 Å². The number of rotatable bonds is 4. The van der Waals surface area contributed by atoms with E-state index in [1.807, 2.05) is 0 Å². The smallest absolute Gasteiger partial charge is 0.232 e. The minimum Gasteiger partial charge on any atom is -0.381 e. The molecule has 2 unspecified atom stereocenters. The molecule has 18 heavy (non-hydrogen) atoms. The zero-order valence-corrected chi connectivity index (χ0v) is 10.5. The van der Waals surface area contributed by atoms with Crippen molar-refractivity contribution < 1.29 is 9.26 Å². The standard InChI is InChI=1S/C12H20N4O2/c13-10(7-16-4-1-2-5-16)11-14-12(18-15-11)9-3-6-17-8-9/h9-10H,1-8,13H2. The van der Waals surface area contributed by atoms with E-state index in [2.05, 4.69) is 15.0 Å². The van der Waals surface area contributed by atoms with Crippen LogP contribution in [0.2, 0.25) is 0 Å². The molecule has 0 radical (unpaired) electrons. The van der Waals surface area contributed by atoms with E-state index in [-0.39, 0.29) is 12.0 Å². The Hall–Kier alpha value is -0.980. The molecule has 100 valence electrons. The van der Waals surface area contributed by atoms with E-state index in [0.29, 0.717) is 18.3 Å². The Balaban J connectivity index is 1.60. The largest absolute Gasteiger partial charge is 0.381 e. The van der Waals surface area contributed by atoms with Gasteiger partial charge in [0, 0.05) is 13.2 Å². The van der Waals surface area contributed by atoms with Gasteiger partial charge in [0.1, 0.15) is 0 Å². The monoisotopic (exact) mass is 252 g/mol. The number of nitrogens with two attached hydrogens (primary N) is 1. The third-order valence-corrected chi connectivity index (χ3v) is 3.72. The molecule has 0 amide bonds. The highest BCUT2D eigenvalue weighted by Gasteiger charge is 2.26. The highest BCUT2D eigenvalue weighted by molar-refractivity contribution is 5.00. The van der Waals surface area contributed by atoms with Crippen LogP contribution in [0.25, 0.3) is 0 Å². The zero-order valence-electron chi connectivity index (χ0n) is 10.5. The molecule has 6 nitrogen and oxygen atoms in total. The van der Waals surface area contributed by atoms with Gasteiger partial charge in [0.2, 0.25) is 5.89 Å². The second-order valence-electron chi connectivity index (χ2n) is 5.17. The van der Waals surface area contributed by atoms with Crippen LogP contribution in [0.3, 0.4) is 0 Å². The summed E-state index contributed by atoms with van der Waals surface area (Å²) in [6.45, 7) is 4.55. The van der Waals surface area contributed by atoms with Crippen LogP contribution < -0.4 is 5.73 Å². The molecule has 0 bridgehead atoms. The summed E-state index contributed by atoms with van der Waals surface area (Å²) in [5.41, 5.74) is 6.13. The lowest BCUT2D eigenvalue weighted by Gasteiger charge is -2.17. The van der Waals surface area contributed by atoms with Crippen LogP contribution in [0.5, 0.6) is 0 Å². The summed E-state index contributed by atoms with van der Waals surface area (Å²) in [5, 5.41) is 4.01. The molecule has 6 heteroatoms. The summed E-state index contributed by atoms with van der Waals surface area (Å²) in [5.74, 6) is 1.56. The summed E-state index contributed by atoms with van der Waals surface area (Å²) in [6.07, 6.45) is 3.50. The normalized spacial score (nSPS) is 26.8. The van der Waals surface area contributed by atoms with E-state index in [1.54, 1.807) is 0 Å². The van der Waals surface area contributed by atoms with Crippen LogP contribution in [0.4, 0.5) is 0 Å². The van der Waals surface area contributed by atoms with Gasteiger partial charge in [-0.1, -0.05) is 5.16 Å². The van der Waals surface area contributed by atoms with Crippen molar-refractivity contribution in [3.63, 3.8) is 0 Å². The maximum absolute atomic E-state index is 6.13. The molecular weight excluding hydrogens is 232 g/mol. The summed E-state index contributed by atoms with van der Waals surface area (Å²) in [6, 6.07) is -0.150. The van der Waals surface area contributed by atoms with Crippen molar-refractivity contribution in [2.24, 2.45) is 5.73 Å². The molecule has 3 rings (SSSR count). The molecule has 2 saturated heterocycles. The summed E-state index contributed by atoms with van der Waals surface area (Å²) in [4.78, 5) is 6.79. The van der Waals surface area contributed by atoms with Gasteiger partial charge in [-0.2, -0.15) is 4.98 Å². The third kappa shape index (κ3) is 2.55. The summed E-state index contributed by atoms with van der Waals surface area (Å²) < 4.78 is 10.6. The predicted molar refractivity (Wildman–Crippen MR) is 65.1 cm³/mol. The van der Waals surface area contributed by atoms with Gasteiger partial charge in [-0.3, -0.25) is 0 Å². The van der Waals surface area contributed by atoms with E-state index in [0.717, 1.165) is 32.7 Å². The molecule has 2 N–H and O–H groups in total. The maximum atomic E-state index is 6.13. The van der Waals surface area contributed by atoms with Gasteiger partial charge >= 0.3 is 0 Å². The number of aromatic nitrogens is 2. The number of nitrogens with zero attached hydrogens (tertiary/aromatic N) is 3. The van der Waals surface area contributed by atoms with E-state index in [9.17, 15) is 0 Å². The average molecular weight is 252 g/mol. The van der Waals surface area contributed by atoms with Crippen LogP contribution in [-0.2, 0) is 4.74 Å². The van der Waals surface area contributed by atoms with Gasteiger partial charge in [-0.15, -0.1) is 0 Å². The molecule has 1 aromatic heterocycles. The Bertz CT molecular complexity index is 383. The van der Waals surface area contributed by atoms with Crippen molar-refractivity contribution in [2.75, 3.05) is 32.8 Å². The van der Waals surface area contributed by atoms with E-state index in [1.165, 1.54) is 12.8 Å². The molecule has 0 aromatic carbocycles. The quantitative estimate of drug-likeness (QED) is 0.848. The highest BCUT2D eigenvalue weighted by Crippen LogP contribution is 2.24. The molecule has 2 atom stereocenters. The molecule has 2 aliphatic rings. The van der Waals surface area contributed by atoms with E-state index in [4.69, 9.17) is 15.0 Å².